The van der Waals surface area contributed by atoms with Crippen molar-refractivity contribution in [3.05, 3.63) is 59.3 Å². The number of anilines is 1. The fourth-order valence-corrected chi connectivity index (χ4v) is 2.62. The summed E-state index contributed by atoms with van der Waals surface area (Å²) in [5, 5.41) is 17.1. The standard InChI is InChI=1S/C18H20FN3O2/c1-12-9-14(3-4-16(12)19)11-20-18-10-17(21-22(18)6-7-23)15-5-8-24-13(15)2/h3-5,8-10,20,23H,6-7,11H2,1-2H3. The van der Waals surface area contributed by atoms with E-state index in [4.69, 9.17) is 4.42 Å². The lowest BCUT2D eigenvalue weighted by atomic mass is 10.1. The number of benzene rings is 1. The summed E-state index contributed by atoms with van der Waals surface area (Å²) < 4.78 is 20.4. The molecule has 0 saturated carbocycles. The van der Waals surface area contributed by atoms with Gasteiger partial charge in [0.2, 0.25) is 0 Å². The molecule has 0 spiro atoms. The van der Waals surface area contributed by atoms with Crippen LogP contribution in [0.1, 0.15) is 16.9 Å². The van der Waals surface area contributed by atoms with Crippen molar-refractivity contribution in [2.45, 2.75) is 26.9 Å². The van der Waals surface area contributed by atoms with Crippen LogP contribution in [0.25, 0.3) is 11.3 Å². The molecule has 0 aliphatic heterocycles. The molecule has 6 heteroatoms. The number of furan rings is 1. The van der Waals surface area contributed by atoms with E-state index in [1.54, 1.807) is 23.9 Å². The van der Waals surface area contributed by atoms with Crippen LogP contribution in [-0.4, -0.2) is 21.5 Å². The van der Waals surface area contributed by atoms with Gasteiger partial charge in [0.25, 0.3) is 0 Å². The molecule has 0 aliphatic rings. The van der Waals surface area contributed by atoms with Crippen molar-refractivity contribution < 1.29 is 13.9 Å². The molecule has 24 heavy (non-hydrogen) atoms. The highest BCUT2D eigenvalue weighted by Crippen LogP contribution is 2.26. The SMILES string of the molecule is Cc1cc(CNc2cc(-c3ccoc3C)nn2CCO)ccc1F. The maximum Gasteiger partial charge on any atom is 0.126 e. The number of nitrogens with zero attached hydrogens (tertiary/aromatic N) is 2. The molecular formula is C18H20FN3O2. The predicted octanol–water partition coefficient (Wildman–Crippen LogP) is 3.50. The largest absolute Gasteiger partial charge is 0.469 e. The monoisotopic (exact) mass is 329 g/mol. The zero-order valence-electron chi connectivity index (χ0n) is 13.7. The summed E-state index contributed by atoms with van der Waals surface area (Å²) in [7, 11) is 0. The number of aromatic nitrogens is 2. The van der Waals surface area contributed by atoms with Gasteiger partial charge in [0.05, 0.1) is 25.1 Å². The molecule has 0 radical (unpaired) electrons. The smallest absolute Gasteiger partial charge is 0.126 e. The Balaban J connectivity index is 1.82. The lowest BCUT2D eigenvalue weighted by Crippen LogP contribution is -2.10. The van der Waals surface area contributed by atoms with Gasteiger partial charge in [-0.25, -0.2) is 9.07 Å². The molecule has 0 amide bonds. The van der Waals surface area contributed by atoms with Crippen LogP contribution in [0.4, 0.5) is 10.2 Å². The van der Waals surface area contributed by atoms with Gasteiger partial charge in [-0.05, 0) is 37.1 Å². The molecular weight excluding hydrogens is 309 g/mol. The Morgan fingerprint density at radius 1 is 1.25 bits per heavy atom. The maximum atomic E-state index is 13.4. The van der Waals surface area contributed by atoms with Gasteiger partial charge in [0, 0.05) is 18.2 Å². The van der Waals surface area contributed by atoms with Crippen LogP contribution in [0.15, 0.2) is 41.0 Å². The van der Waals surface area contributed by atoms with Gasteiger partial charge in [0.15, 0.2) is 0 Å². The van der Waals surface area contributed by atoms with E-state index in [9.17, 15) is 9.50 Å². The highest BCUT2D eigenvalue weighted by Gasteiger charge is 2.13. The highest BCUT2D eigenvalue weighted by molar-refractivity contribution is 5.64. The van der Waals surface area contributed by atoms with Crippen molar-refractivity contribution in [3.8, 4) is 11.3 Å². The van der Waals surface area contributed by atoms with E-state index in [2.05, 4.69) is 10.4 Å². The fraction of sp³-hybridized carbons (Fsp3) is 0.278. The van der Waals surface area contributed by atoms with E-state index in [-0.39, 0.29) is 12.4 Å². The first-order valence-electron chi connectivity index (χ1n) is 7.80. The summed E-state index contributed by atoms with van der Waals surface area (Å²) in [6.45, 7) is 4.56. The minimum atomic E-state index is -0.207. The zero-order chi connectivity index (χ0) is 17.1. The minimum Gasteiger partial charge on any atom is -0.469 e. The van der Waals surface area contributed by atoms with Crippen LogP contribution in [0.2, 0.25) is 0 Å². The number of aryl methyl sites for hydroxylation is 2. The van der Waals surface area contributed by atoms with Crippen LogP contribution >= 0.6 is 0 Å². The molecule has 2 N–H and O–H groups in total. The van der Waals surface area contributed by atoms with E-state index >= 15 is 0 Å². The highest BCUT2D eigenvalue weighted by atomic mass is 19.1. The summed E-state index contributed by atoms with van der Waals surface area (Å²) in [5.41, 5.74) is 3.31. The molecule has 0 aliphatic carbocycles. The number of halogens is 1. The van der Waals surface area contributed by atoms with Crippen LogP contribution < -0.4 is 5.32 Å². The van der Waals surface area contributed by atoms with Gasteiger partial charge in [-0.1, -0.05) is 12.1 Å². The van der Waals surface area contributed by atoms with Crippen LogP contribution in [-0.2, 0) is 13.1 Å². The van der Waals surface area contributed by atoms with E-state index in [1.165, 1.54) is 6.07 Å². The van der Waals surface area contributed by atoms with Gasteiger partial charge in [0.1, 0.15) is 17.4 Å². The molecule has 3 aromatic rings. The Morgan fingerprint density at radius 3 is 2.75 bits per heavy atom. The van der Waals surface area contributed by atoms with Crippen molar-refractivity contribution >= 4 is 5.82 Å². The average molecular weight is 329 g/mol. The topological polar surface area (TPSA) is 63.2 Å². The summed E-state index contributed by atoms with van der Waals surface area (Å²) in [6, 6.07) is 8.83. The van der Waals surface area contributed by atoms with Gasteiger partial charge in [-0.15, -0.1) is 0 Å². The predicted molar refractivity (Wildman–Crippen MR) is 90.2 cm³/mol. The molecule has 0 bridgehead atoms. The van der Waals surface area contributed by atoms with E-state index < -0.39 is 0 Å². The van der Waals surface area contributed by atoms with Crippen LogP contribution in [0.5, 0.6) is 0 Å². The summed E-state index contributed by atoms with van der Waals surface area (Å²) in [6.07, 6.45) is 1.63. The normalized spacial score (nSPS) is 11.0. The number of aliphatic hydroxyl groups is 1. The summed E-state index contributed by atoms with van der Waals surface area (Å²) in [5.74, 6) is 1.38. The number of rotatable bonds is 6. The molecule has 0 unspecified atom stereocenters. The second-order valence-electron chi connectivity index (χ2n) is 5.69. The quantitative estimate of drug-likeness (QED) is 0.726. The lowest BCUT2D eigenvalue weighted by Gasteiger charge is -2.09. The van der Waals surface area contributed by atoms with Gasteiger partial charge >= 0.3 is 0 Å². The van der Waals surface area contributed by atoms with Crippen LogP contribution in [0, 0.1) is 19.7 Å². The van der Waals surface area contributed by atoms with Crippen LogP contribution in [0.3, 0.4) is 0 Å². The molecule has 2 aromatic heterocycles. The molecule has 5 nitrogen and oxygen atoms in total. The Hall–Kier alpha value is -2.60. The third-order valence-electron chi connectivity index (χ3n) is 3.92. The third-order valence-corrected chi connectivity index (χ3v) is 3.92. The fourth-order valence-electron chi connectivity index (χ4n) is 2.62. The summed E-state index contributed by atoms with van der Waals surface area (Å²) >= 11 is 0. The van der Waals surface area contributed by atoms with E-state index in [0.29, 0.717) is 18.7 Å². The first-order chi connectivity index (χ1) is 11.6. The second-order valence-corrected chi connectivity index (χ2v) is 5.69. The van der Waals surface area contributed by atoms with Gasteiger partial charge in [-0.3, -0.25) is 0 Å². The van der Waals surface area contributed by atoms with Crippen molar-refractivity contribution in [1.82, 2.24) is 9.78 Å². The first-order valence-corrected chi connectivity index (χ1v) is 7.80. The molecule has 2 heterocycles. The Bertz CT molecular complexity index is 839. The van der Waals surface area contributed by atoms with Gasteiger partial charge < -0.3 is 14.8 Å². The Kier molecular flexibility index (Phi) is 4.66. The van der Waals surface area contributed by atoms with Crippen molar-refractivity contribution in [1.29, 1.82) is 0 Å². The van der Waals surface area contributed by atoms with Crippen molar-refractivity contribution in [2.24, 2.45) is 0 Å². The molecule has 0 fully saturated rings. The molecule has 0 saturated heterocycles. The first kappa shape index (κ1) is 16.3. The minimum absolute atomic E-state index is 0.00414. The van der Waals surface area contributed by atoms with Crippen molar-refractivity contribution in [3.63, 3.8) is 0 Å². The number of aliphatic hydroxyl groups excluding tert-OH is 1. The summed E-state index contributed by atoms with van der Waals surface area (Å²) in [4.78, 5) is 0. The zero-order valence-corrected chi connectivity index (χ0v) is 13.7. The molecule has 1 aromatic carbocycles. The Labute approximate surface area is 139 Å². The Morgan fingerprint density at radius 2 is 2.08 bits per heavy atom. The number of hydrogen-bond acceptors (Lipinski definition) is 4. The second kappa shape index (κ2) is 6.88. The molecule has 3 rings (SSSR count). The van der Waals surface area contributed by atoms with E-state index in [0.717, 1.165) is 28.4 Å². The lowest BCUT2D eigenvalue weighted by molar-refractivity contribution is 0.270. The van der Waals surface area contributed by atoms with Gasteiger partial charge in [-0.2, -0.15) is 5.10 Å². The maximum absolute atomic E-state index is 13.4. The number of hydrogen-bond donors (Lipinski definition) is 2. The molecule has 0 atom stereocenters. The van der Waals surface area contributed by atoms with Crippen molar-refractivity contribution in [2.75, 3.05) is 11.9 Å². The third kappa shape index (κ3) is 3.33. The molecule has 126 valence electrons. The average Bonchev–Trinajstić information content (AvgIpc) is 3.15. The van der Waals surface area contributed by atoms with E-state index in [1.807, 2.05) is 25.1 Å². The number of nitrogens with one attached hydrogen (secondary N) is 1.